The first-order valence-electron chi connectivity index (χ1n) is 8.86. The van der Waals surface area contributed by atoms with Crippen molar-refractivity contribution in [1.82, 2.24) is 0 Å². The molecule has 3 aliphatic carbocycles. The van der Waals surface area contributed by atoms with Gasteiger partial charge < -0.3 is 10.2 Å². The van der Waals surface area contributed by atoms with E-state index < -0.39 is 0 Å². The van der Waals surface area contributed by atoms with Crippen LogP contribution in [-0.2, 0) is 4.79 Å². The second-order valence-electron chi connectivity index (χ2n) is 8.92. The summed E-state index contributed by atoms with van der Waals surface area (Å²) in [5, 5.41) is 20.6. The van der Waals surface area contributed by atoms with Gasteiger partial charge in [-0.15, -0.1) is 6.58 Å². The van der Waals surface area contributed by atoms with Gasteiger partial charge in [0.05, 0.1) is 6.10 Å². The van der Waals surface area contributed by atoms with Crippen LogP contribution in [0.15, 0.2) is 24.3 Å². The lowest BCUT2D eigenvalue weighted by atomic mass is 9.41. The van der Waals surface area contributed by atoms with Crippen molar-refractivity contribution in [2.24, 2.45) is 28.1 Å². The van der Waals surface area contributed by atoms with Crippen LogP contribution in [0.2, 0.25) is 0 Å². The van der Waals surface area contributed by atoms with Gasteiger partial charge in [-0.3, -0.25) is 4.79 Å². The molecule has 23 heavy (non-hydrogen) atoms. The van der Waals surface area contributed by atoms with Crippen molar-refractivity contribution in [2.75, 3.05) is 6.61 Å². The quantitative estimate of drug-likeness (QED) is 0.768. The molecule has 2 N–H and O–H groups in total. The summed E-state index contributed by atoms with van der Waals surface area (Å²) in [4.78, 5) is 12.0. The standard InChI is InChI=1S/C20H30O3/c1-5-18(2)11-17-19(3,12-21)9-14(23)10-20(17,4)15-7-6-13(22)8-16(15)18/h5,8,14-15,17,21,23H,1,6-7,9-12H2,2-4H3/t14-,15+,17-,18+,19-,20+/m0/s1. The summed E-state index contributed by atoms with van der Waals surface area (Å²) in [5.41, 5.74) is 0.675. The summed E-state index contributed by atoms with van der Waals surface area (Å²) in [7, 11) is 0. The molecule has 0 saturated heterocycles. The van der Waals surface area contributed by atoms with E-state index in [0.717, 1.165) is 19.3 Å². The Hall–Kier alpha value is -0.930. The first-order chi connectivity index (χ1) is 10.7. The van der Waals surface area contributed by atoms with Crippen molar-refractivity contribution >= 4 is 5.78 Å². The summed E-state index contributed by atoms with van der Waals surface area (Å²) < 4.78 is 0. The van der Waals surface area contributed by atoms with Crippen molar-refractivity contribution in [3.05, 3.63) is 24.3 Å². The van der Waals surface area contributed by atoms with E-state index >= 15 is 0 Å². The highest BCUT2D eigenvalue weighted by atomic mass is 16.3. The van der Waals surface area contributed by atoms with E-state index in [1.807, 2.05) is 12.2 Å². The number of carbonyl (C=O) groups is 1. The van der Waals surface area contributed by atoms with Gasteiger partial charge in [-0.05, 0) is 54.4 Å². The molecule has 3 heteroatoms. The van der Waals surface area contributed by atoms with Crippen LogP contribution in [-0.4, -0.2) is 28.7 Å². The number of rotatable bonds is 2. The molecule has 3 aliphatic rings. The number of hydrogen-bond donors (Lipinski definition) is 2. The lowest BCUT2D eigenvalue weighted by Gasteiger charge is -2.63. The molecule has 2 saturated carbocycles. The number of carbonyl (C=O) groups excluding carboxylic acids is 1. The summed E-state index contributed by atoms with van der Waals surface area (Å²) in [6.45, 7) is 10.7. The van der Waals surface area contributed by atoms with Crippen LogP contribution in [0.25, 0.3) is 0 Å². The van der Waals surface area contributed by atoms with Crippen LogP contribution in [0.4, 0.5) is 0 Å². The monoisotopic (exact) mass is 318 g/mol. The molecular formula is C20H30O3. The molecule has 3 nitrogen and oxygen atoms in total. The average molecular weight is 318 g/mol. The Morgan fingerprint density at radius 1 is 1.30 bits per heavy atom. The number of ketones is 1. The highest BCUT2D eigenvalue weighted by Crippen LogP contribution is 2.66. The maximum Gasteiger partial charge on any atom is 0.155 e. The number of aliphatic hydroxyl groups is 2. The fraction of sp³-hybridized carbons (Fsp3) is 0.750. The molecule has 0 amide bonds. The van der Waals surface area contributed by atoms with E-state index in [4.69, 9.17) is 0 Å². The van der Waals surface area contributed by atoms with Crippen molar-refractivity contribution in [1.29, 1.82) is 0 Å². The third kappa shape index (κ3) is 2.35. The maximum atomic E-state index is 12.0. The molecule has 0 spiro atoms. The van der Waals surface area contributed by atoms with Gasteiger partial charge in [0, 0.05) is 18.4 Å². The van der Waals surface area contributed by atoms with Gasteiger partial charge in [0.2, 0.25) is 0 Å². The zero-order chi connectivity index (χ0) is 17.0. The zero-order valence-corrected chi connectivity index (χ0v) is 14.6. The van der Waals surface area contributed by atoms with Crippen molar-refractivity contribution in [2.45, 2.75) is 59.0 Å². The lowest BCUT2D eigenvalue weighted by molar-refractivity contribution is -0.146. The smallest absolute Gasteiger partial charge is 0.155 e. The van der Waals surface area contributed by atoms with Gasteiger partial charge in [0.1, 0.15) is 0 Å². The molecule has 0 aliphatic heterocycles. The van der Waals surface area contributed by atoms with Crippen LogP contribution in [0.3, 0.4) is 0 Å². The summed E-state index contributed by atoms with van der Waals surface area (Å²) >= 11 is 0. The molecule has 0 unspecified atom stereocenters. The SMILES string of the molecule is C=C[C@]1(C)C[C@H]2[C@](C)(CO)C[C@H](O)C[C@]2(C)[C@@H]2CCC(=O)C=C21. The van der Waals surface area contributed by atoms with Crippen LogP contribution >= 0.6 is 0 Å². The molecular weight excluding hydrogens is 288 g/mol. The second-order valence-corrected chi connectivity index (χ2v) is 8.92. The summed E-state index contributed by atoms with van der Waals surface area (Å²) in [5.74, 6) is 0.831. The van der Waals surface area contributed by atoms with Gasteiger partial charge in [-0.2, -0.15) is 0 Å². The van der Waals surface area contributed by atoms with Crippen molar-refractivity contribution in [3.63, 3.8) is 0 Å². The van der Waals surface area contributed by atoms with Crippen LogP contribution < -0.4 is 0 Å². The predicted molar refractivity (Wildman–Crippen MR) is 90.8 cm³/mol. The van der Waals surface area contributed by atoms with Crippen LogP contribution in [0.1, 0.15) is 52.9 Å². The highest BCUT2D eigenvalue weighted by molar-refractivity contribution is 5.91. The molecule has 0 heterocycles. The largest absolute Gasteiger partial charge is 0.396 e. The highest BCUT2D eigenvalue weighted by Gasteiger charge is 2.61. The van der Waals surface area contributed by atoms with Gasteiger partial charge in [0.25, 0.3) is 0 Å². The van der Waals surface area contributed by atoms with E-state index in [1.165, 1.54) is 5.57 Å². The number of fused-ring (bicyclic) bond motifs is 3. The Labute approximate surface area is 139 Å². The Bertz CT molecular complexity index is 565. The summed E-state index contributed by atoms with van der Waals surface area (Å²) in [6, 6.07) is 0. The molecule has 6 atom stereocenters. The molecule has 0 aromatic heterocycles. The normalized spacial score (nSPS) is 49.9. The van der Waals surface area contributed by atoms with Gasteiger partial charge in [-0.25, -0.2) is 0 Å². The molecule has 128 valence electrons. The third-order valence-electron chi connectivity index (χ3n) is 7.28. The van der Waals surface area contributed by atoms with Gasteiger partial charge in [-0.1, -0.05) is 32.4 Å². The molecule has 0 radical (unpaired) electrons. The van der Waals surface area contributed by atoms with E-state index in [2.05, 4.69) is 27.4 Å². The van der Waals surface area contributed by atoms with Crippen molar-refractivity contribution in [3.8, 4) is 0 Å². The average Bonchev–Trinajstić information content (AvgIpc) is 2.49. The topological polar surface area (TPSA) is 57.5 Å². The van der Waals surface area contributed by atoms with Crippen LogP contribution in [0.5, 0.6) is 0 Å². The number of hydrogen-bond acceptors (Lipinski definition) is 3. The first-order valence-corrected chi connectivity index (χ1v) is 8.86. The minimum Gasteiger partial charge on any atom is -0.396 e. The molecule has 0 aromatic rings. The number of aliphatic hydroxyl groups excluding tert-OH is 2. The molecule has 2 fully saturated rings. The fourth-order valence-corrected chi connectivity index (χ4v) is 6.02. The maximum absolute atomic E-state index is 12.0. The Morgan fingerprint density at radius 2 is 2.00 bits per heavy atom. The van der Waals surface area contributed by atoms with E-state index in [1.54, 1.807) is 0 Å². The Balaban J connectivity index is 2.14. The second kappa shape index (κ2) is 5.29. The Morgan fingerprint density at radius 3 is 2.61 bits per heavy atom. The molecule has 0 bridgehead atoms. The fourth-order valence-electron chi connectivity index (χ4n) is 6.02. The van der Waals surface area contributed by atoms with Crippen molar-refractivity contribution < 1.29 is 15.0 Å². The van der Waals surface area contributed by atoms with Crippen LogP contribution in [0, 0.1) is 28.1 Å². The van der Waals surface area contributed by atoms with E-state index in [0.29, 0.717) is 24.7 Å². The number of allylic oxidation sites excluding steroid dienone is 3. The van der Waals surface area contributed by atoms with Gasteiger partial charge in [0.15, 0.2) is 5.78 Å². The molecule has 0 aromatic carbocycles. The first kappa shape index (κ1) is 16.9. The predicted octanol–water partition coefficient (Wildman–Crippen LogP) is 3.26. The van der Waals surface area contributed by atoms with E-state index in [-0.39, 0.29) is 34.7 Å². The minimum absolute atomic E-state index is 0.0653. The van der Waals surface area contributed by atoms with Gasteiger partial charge >= 0.3 is 0 Å². The zero-order valence-electron chi connectivity index (χ0n) is 14.6. The lowest BCUT2D eigenvalue weighted by Crippen LogP contribution is -2.59. The minimum atomic E-state index is -0.375. The molecule has 3 rings (SSSR count). The van der Waals surface area contributed by atoms with E-state index in [9.17, 15) is 15.0 Å². The Kier molecular flexibility index (Phi) is 3.89. The third-order valence-corrected chi connectivity index (χ3v) is 7.28. The summed E-state index contributed by atoms with van der Waals surface area (Å²) in [6.07, 6.45) is 7.23.